The molecule has 5 rings (SSSR count). The van der Waals surface area contributed by atoms with Gasteiger partial charge in [-0.25, -0.2) is 9.97 Å². The van der Waals surface area contributed by atoms with Crippen LogP contribution in [0, 0.1) is 5.92 Å². The van der Waals surface area contributed by atoms with Gasteiger partial charge in [0.05, 0.1) is 25.1 Å². The van der Waals surface area contributed by atoms with Crippen LogP contribution in [0.25, 0.3) is 10.2 Å². The molecule has 1 aliphatic heterocycles. The van der Waals surface area contributed by atoms with E-state index in [0.717, 1.165) is 66.6 Å². The molecule has 1 unspecified atom stereocenters. The van der Waals surface area contributed by atoms with E-state index < -0.39 is 0 Å². The molecule has 0 radical (unpaired) electrons. The fourth-order valence-corrected chi connectivity index (χ4v) is 5.96. The number of carbonyl (C=O) groups excluding carboxylic acids is 1. The maximum Gasteiger partial charge on any atom is 0.243 e. The Balaban J connectivity index is 1.27. The van der Waals surface area contributed by atoms with Crippen molar-refractivity contribution in [2.24, 2.45) is 5.92 Å². The summed E-state index contributed by atoms with van der Waals surface area (Å²) in [5, 5.41) is 4.15. The largest absolute Gasteiger partial charge is 0.378 e. The number of aryl methyl sites for hydroxylation is 1. The number of morpholine rings is 1. The number of amides is 1. The summed E-state index contributed by atoms with van der Waals surface area (Å²) in [6.45, 7) is 5.85. The number of likely N-dealkylation sites (N-methyl/N-ethyl adjacent to an activating group) is 1. The highest BCUT2D eigenvalue weighted by Crippen LogP contribution is 2.40. The van der Waals surface area contributed by atoms with Crippen LogP contribution in [0.1, 0.15) is 23.8 Å². The summed E-state index contributed by atoms with van der Waals surface area (Å²) < 4.78 is 5.42. The molecule has 1 fully saturated rings. The predicted molar refractivity (Wildman–Crippen MR) is 130 cm³/mol. The number of rotatable bonds is 5. The number of nitrogens with one attached hydrogen (secondary N) is 1. The second-order valence-corrected chi connectivity index (χ2v) is 9.86. The molecule has 0 bridgehead atoms. The van der Waals surface area contributed by atoms with Crippen LogP contribution >= 0.6 is 11.3 Å². The molecule has 1 saturated heterocycles. The van der Waals surface area contributed by atoms with E-state index in [-0.39, 0.29) is 12.5 Å². The van der Waals surface area contributed by atoms with Gasteiger partial charge in [-0.2, -0.15) is 0 Å². The topological polar surface area (TPSA) is 70.6 Å². The molecule has 2 aliphatic rings. The molecule has 1 N–H and O–H groups in total. The van der Waals surface area contributed by atoms with Gasteiger partial charge in [0, 0.05) is 36.4 Å². The van der Waals surface area contributed by atoms with Crippen molar-refractivity contribution in [1.82, 2.24) is 9.97 Å². The van der Waals surface area contributed by atoms with Gasteiger partial charge in [0.15, 0.2) is 0 Å². The molecule has 1 aliphatic carbocycles. The summed E-state index contributed by atoms with van der Waals surface area (Å²) in [7, 11) is 1.93. The summed E-state index contributed by atoms with van der Waals surface area (Å²) >= 11 is 1.78. The van der Waals surface area contributed by atoms with Crippen LogP contribution < -0.4 is 15.1 Å². The first-order valence-corrected chi connectivity index (χ1v) is 12.1. The molecule has 32 heavy (non-hydrogen) atoms. The quantitative estimate of drug-likeness (QED) is 0.638. The lowest BCUT2D eigenvalue weighted by atomic mass is 9.89. The fraction of sp³-hybridized carbons (Fsp3) is 0.458. The smallest absolute Gasteiger partial charge is 0.243 e. The van der Waals surface area contributed by atoms with E-state index >= 15 is 0 Å². The third-order valence-electron chi connectivity index (χ3n) is 6.34. The van der Waals surface area contributed by atoms with Gasteiger partial charge in [0.2, 0.25) is 5.91 Å². The lowest BCUT2D eigenvalue weighted by Crippen LogP contribution is -2.36. The van der Waals surface area contributed by atoms with Crippen LogP contribution in [0.4, 0.5) is 17.2 Å². The van der Waals surface area contributed by atoms with Crippen LogP contribution in [0.2, 0.25) is 0 Å². The molecule has 3 heterocycles. The Morgan fingerprint density at radius 1 is 1.25 bits per heavy atom. The zero-order valence-electron chi connectivity index (χ0n) is 18.6. The van der Waals surface area contributed by atoms with Gasteiger partial charge < -0.3 is 19.9 Å². The minimum Gasteiger partial charge on any atom is -0.378 e. The molecular formula is C24H29N5O2S. The van der Waals surface area contributed by atoms with Crippen LogP contribution in [0.15, 0.2) is 30.6 Å². The van der Waals surface area contributed by atoms with Crippen molar-refractivity contribution in [2.45, 2.75) is 26.2 Å². The number of ether oxygens (including phenoxy) is 1. The number of benzene rings is 1. The SMILES string of the molecule is CC1CCc2c(sc3ncnc(N(C)CC(=O)Nc4ccc(N5CCOCC5)cc4)c23)C1. The van der Waals surface area contributed by atoms with Gasteiger partial charge in [-0.1, -0.05) is 6.92 Å². The molecule has 0 saturated carbocycles. The van der Waals surface area contributed by atoms with E-state index in [2.05, 4.69) is 39.2 Å². The first-order chi connectivity index (χ1) is 15.6. The molecule has 7 nitrogen and oxygen atoms in total. The number of aromatic nitrogens is 2. The Bertz CT molecular complexity index is 1110. The Morgan fingerprint density at radius 2 is 2.03 bits per heavy atom. The van der Waals surface area contributed by atoms with Crippen LogP contribution in [-0.2, 0) is 22.4 Å². The molecule has 1 atom stereocenters. The van der Waals surface area contributed by atoms with Crippen molar-refractivity contribution < 1.29 is 9.53 Å². The van der Waals surface area contributed by atoms with Gasteiger partial charge in [-0.3, -0.25) is 4.79 Å². The van der Waals surface area contributed by atoms with E-state index in [0.29, 0.717) is 5.92 Å². The molecule has 1 aromatic carbocycles. The first kappa shape index (κ1) is 21.2. The van der Waals surface area contributed by atoms with Crippen molar-refractivity contribution in [3.05, 3.63) is 41.0 Å². The van der Waals surface area contributed by atoms with Crippen LogP contribution in [-0.4, -0.2) is 55.8 Å². The number of fused-ring (bicyclic) bond motifs is 3. The number of carbonyl (C=O) groups is 1. The highest BCUT2D eigenvalue weighted by Gasteiger charge is 2.24. The Morgan fingerprint density at radius 3 is 2.81 bits per heavy atom. The van der Waals surface area contributed by atoms with E-state index in [9.17, 15) is 4.79 Å². The fourth-order valence-electron chi connectivity index (χ4n) is 4.62. The van der Waals surface area contributed by atoms with Gasteiger partial charge in [0.1, 0.15) is 17.0 Å². The first-order valence-electron chi connectivity index (χ1n) is 11.3. The molecular weight excluding hydrogens is 422 g/mol. The van der Waals surface area contributed by atoms with Gasteiger partial charge >= 0.3 is 0 Å². The summed E-state index contributed by atoms with van der Waals surface area (Å²) in [6.07, 6.45) is 4.98. The van der Waals surface area contributed by atoms with E-state index in [1.807, 2.05) is 24.1 Å². The number of hydrogen-bond acceptors (Lipinski definition) is 7. The van der Waals surface area contributed by atoms with E-state index in [1.165, 1.54) is 16.9 Å². The van der Waals surface area contributed by atoms with Gasteiger partial charge in [-0.05, 0) is 55.0 Å². The van der Waals surface area contributed by atoms with Crippen molar-refractivity contribution >= 4 is 44.7 Å². The standard InChI is InChI=1S/C24H29N5O2S/c1-16-3-8-19-20(13-16)32-24-22(19)23(25-15-26-24)28(2)14-21(30)27-17-4-6-18(7-5-17)29-9-11-31-12-10-29/h4-7,15-16H,3,8-14H2,1-2H3,(H,27,30). The minimum absolute atomic E-state index is 0.0592. The average molecular weight is 452 g/mol. The molecule has 0 spiro atoms. The molecule has 2 aromatic heterocycles. The molecule has 1 amide bonds. The monoisotopic (exact) mass is 451 g/mol. The molecule has 168 valence electrons. The van der Waals surface area contributed by atoms with E-state index in [4.69, 9.17) is 4.74 Å². The zero-order chi connectivity index (χ0) is 22.1. The Hall–Kier alpha value is -2.71. The zero-order valence-corrected chi connectivity index (χ0v) is 19.5. The lowest BCUT2D eigenvalue weighted by Gasteiger charge is -2.29. The Labute approximate surface area is 192 Å². The lowest BCUT2D eigenvalue weighted by molar-refractivity contribution is -0.114. The summed E-state index contributed by atoms with van der Waals surface area (Å²) in [5.41, 5.74) is 3.34. The Kier molecular flexibility index (Phi) is 5.97. The summed E-state index contributed by atoms with van der Waals surface area (Å²) in [5.74, 6) is 1.50. The highest BCUT2D eigenvalue weighted by atomic mass is 32.1. The summed E-state index contributed by atoms with van der Waals surface area (Å²) in [4.78, 5) is 28.5. The number of nitrogens with zero attached hydrogens (tertiary/aromatic N) is 4. The average Bonchev–Trinajstić information content (AvgIpc) is 3.17. The van der Waals surface area contributed by atoms with Gasteiger partial charge in [0.25, 0.3) is 0 Å². The third-order valence-corrected chi connectivity index (χ3v) is 7.50. The van der Waals surface area contributed by atoms with Gasteiger partial charge in [-0.15, -0.1) is 11.3 Å². The second kappa shape index (κ2) is 9.03. The van der Waals surface area contributed by atoms with Crippen LogP contribution in [0.3, 0.4) is 0 Å². The minimum atomic E-state index is -0.0592. The molecule has 3 aromatic rings. The van der Waals surface area contributed by atoms with Crippen molar-refractivity contribution in [3.63, 3.8) is 0 Å². The number of hydrogen-bond donors (Lipinski definition) is 1. The number of thiophene rings is 1. The number of anilines is 3. The maximum absolute atomic E-state index is 12.8. The highest BCUT2D eigenvalue weighted by molar-refractivity contribution is 7.19. The summed E-state index contributed by atoms with van der Waals surface area (Å²) in [6, 6.07) is 8.03. The third kappa shape index (κ3) is 4.29. The van der Waals surface area contributed by atoms with Crippen molar-refractivity contribution in [2.75, 3.05) is 55.0 Å². The van der Waals surface area contributed by atoms with Crippen LogP contribution in [0.5, 0.6) is 0 Å². The van der Waals surface area contributed by atoms with E-state index in [1.54, 1.807) is 17.7 Å². The normalized spacial score (nSPS) is 18.4. The molecule has 8 heteroatoms. The van der Waals surface area contributed by atoms with Crippen molar-refractivity contribution in [1.29, 1.82) is 0 Å². The second-order valence-electron chi connectivity index (χ2n) is 8.78. The maximum atomic E-state index is 12.8. The predicted octanol–water partition coefficient (Wildman–Crippen LogP) is 3.73. The van der Waals surface area contributed by atoms with Crippen molar-refractivity contribution in [3.8, 4) is 0 Å².